The van der Waals surface area contributed by atoms with Gasteiger partial charge in [-0.2, -0.15) is 0 Å². The maximum Gasteiger partial charge on any atom is 0.0481 e. The normalized spacial score (nSPS) is 21.4. The molecule has 0 amide bonds. The second kappa shape index (κ2) is 5.19. The third kappa shape index (κ3) is 2.38. The number of hydrogen-bond acceptors (Lipinski definition) is 2. The van der Waals surface area contributed by atoms with Crippen molar-refractivity contribution < 1.29 is 0 Å². The van der Waals surface area contributed by atoms with E-state index >= 15 is 0 Å². The molecule has 0 spiro atoms. The summed E-state index contributed by atoms with van der Waals surface area (Å²) in [5.74, 6) is 0. The van der Waals surface area contributed by atoms with Gasteiger partial charge in [-0.05, 0) is 32.5 Å². The van der Waals surface area contributed by atoms with Crippen molar-refractivity contribution in [2.45, 2.75) is 43.7 Å². The highest BCUT2D eigenvalue weighted by Crippen LogP contribution is 2.40. The van der Waals surface area contributed by atoms with Gasteiger partial charge in [-0.15, -0.1) is 0 Å². The number of nitrogens with zero attached hydrogens (tertiary/aromatic N) is 1. The molecule has 1 aromatic rings. The van der Waals surface area contributed by atoms with Gasteiger partial charge in [0.15, 0.2) is 0 Å². The van der Waals surface area contributed by atoms with Gasteiger partial charge in [-0.3, -0.25) is 0 Å². The summed E-state index contributed by atoms with van der Waals surface area (Å²) < 4.78 is 0. The lowest BCUT2D eigenvalue weighted by Gasteiger charge is -2.47. The van der Waals surface area contributed by atoms with Crippen LogP contribution >= 0.6 is 0 Å². The first-order valence-electron chi connectivity index (χ1n) is 6.65. The van der Waals surface area contributed by atoms with E-state index in [-0.39, 0.29) is 11.6 Å². The minimum absolute atomic E-state index is 0.124. The largest absolute Gasteiger partial charge is 0.322 e. The molecule has 2 nitrogen and oxygen atoms in total. The van der Waals surface area contributed by atoms with Gasteiger partial charge in [-0.25, -0.2) is 0 Å². The maximum atomic E-state index is 6.56. The van der Waals surface area contributed by atoms with E-state index in [2.05, 4.69) is 49.3 Å². The summed E-state index contributed by atoms with van der Waals surface area (Å²) in [5.41, 5.74) is 7.98. The van der Waals surface area contributed by atoms with E-state index in [1.165, 1.54) is 37.7 Å². The number of rotatable bonds is 3. The summed E-state index contributed by atoms with van der Waals surface area (Å²) in [6.45, 7) is 0. The van der Waals surface area contributed by atoms with Crippen LogP contribution in [0.5, 0.6) is 0 Å². The van der Waals surface area contributed by atoms with E-state index in [1.807, 2.05) is 0 Å². The molecule has 0 heterocycles. The zero-order valence-electron chi connectivity index (χ0n) is 11.0. The Morgan fingerprint density at radius 1 is 1.06 bits per heavy atom. The second-order valence-electron chi connectivity index (χ2n) is 5.45. The quantitative estimate of drug-likeness (QED) is 0.868. The highest BCUT2D eigenvalue weighted by atomic mass is 15.2. The summed E-state index contributed by atoms with van der Waals surface area (Å²) in [6, 6.07) is 10.7. The first kappa shape index (κ1) is 12.6. The summed E-state index contributed by atoms with van der Waals surface area (Å²) in [5, 5.41) is 0. The van der Waals surface area contributed by atoms with Gasteiger partial charge in [0.2, 0.25) is 0 Å². The third-order valence-electron chi connectivity index (χ3n) is 4.35. The molecule has 0 bridgehead atoms. The SMILES string of the molecule is CN(C)C1([C@@H](N)c2ccccc2)CCCCC1. The zero-order chi connectivity index (χ0) is 12.3. The fraction of sp³-hybridized carbons (Fsp3) is 0.600. The van der Waals surface area contributed by atoms with Crippen molar-refractivity contribution in [3.63, 3.8) is 0 Å². The molecule has 94 valence electrons. The topological polar surface area (TPSA) is 29.3 Å². The average molecular weight is 232 g/mol. The van der Waals surface area contributed by atoms with Crippen LogP contribution in [0.25, 0.3) is 0 Å². The number of nitrogens with two attached hydrogens (primary N) is 1. The fourth-order valence-corrected chi connectivity index (χ4v) is 3.17. The third-order valence-corrected chi connectivity index (χ3v) is 4.35. The Morgan fingerprint density at radius 2 is 1.65 bits per heavy atom. The molecule has 2 heteroatoms. The maximum absolute atomic E-state index is 6.56. The second-order valence-corrected chi connectivity index (χ2v) is 5.45. The summed E-state index contributed by atoms with van der Waals surface area (Å²) in [7, 11) is 4.35. The van der Waals surface area contributed by atoms with E-state index in [0.717, 1.165) is 0 Å². The Labute approximate surface area is 105 Å². The molecule has 0 unspecified atom stereocenters. The van der Waals surface area contributed by atoms with Gasteiger partial charge in [-0.1, -0.05) is 49.6 Å². The van der Waals surface area contributed by atoms with Gasteiger partial charge >= 0.3 is 0 Å². The van der Waals surface area contributed by atoms with Crippen LogP contribution in [0.4, 0.5) is 0 Å². The van der Waals surface area contributed by atoms with Crippen molar-refractivity contribution in [2.75, 3.05) is 14.1 Å². The van der Waals surface area contributed by atoms with Crippen LogP contribution in [0, 0.1) is 0 Å². The summed E-state index contributed by atoms with van der Waals surface area (Å²) in [4.78, 5) is 2.35. The molecule has 2 N–H and O–H groups in total. The lowest BCUT2D eigenvalue weighted by atomic mass is 9.73. The molecule has 1 fully saturated rings. The van der Waals surface area contributed by atoms with Crippen LogP contribution < -0.4 is 5.73 Å². The van der Waals surface area contributed by atoms with Crippen molar-refractivity contribution >= 4 is 0 Å². The van der Waals surface area contributed by atoms with Crippen molar-refractivity contribution in [1.29, 1.82) is 0 Å². The van der Waals surface area contributed by atoms with Crippen LogP contribution in [0.15, 0.2) is 30.3 Å². The van der Waals surface area contributed by atoms with E-state index < -0.39 is 0 Å². The highest BCUT2D eigenvalue weighted by Gasteiger charge is 2.40. The Bertz CT molecular complexity index is 339. The highest BCUT2D eigenvalue weighted by molar-refractivity contribution is 5.23. The Morgan fingerprint density at radius 3 is 2.18 bits per heavy atom. The van der Waals surface area contributed by atoms with Crippen LogP contribution in [0.3, 0.4) is 0 Å². The Balaban J connectivity index is 2.27. The molecule has 1 saturated carbocycles. The zero-order valence-corrected chi connectivity index (χ0v) is 11.0. The van der Waals surface area contributed by atoms with Crippen molar-refractivity contribution in [3.8, 4) is 0 Å². The Hall–Kier alpha value is -0.860. The van der Waals surface area contributed by atoms with Crippen molar-refractivity contribution in [3.05, 3.63) is 35.9 Å². The Kier molecular flexibility index (Phi) is 3.85. The molecule has 1 aliphatic rings. The van der Waals surface area contributed by atoms with Gasteiger partial charge in [0.1, 0.15) is 0 Å². The molecule has 0 radical (unpaired) electrons. The molecule has 1 aliphatic carbocycles. The van der Waals surface area contributed by atoms with Gasteiger partial charge in [0.25, 0.3) is 0 Å². The molecule has 1 atom stereocenters. The predicted octanol–water partition coefficient (Wildman–Crippen LogP) is 2.95. The number of hydrogen-bond donors (Lipinski definition) is 1. The van der Waals surface area contributed by atoms with E-state index in [9.17, 15) is 0 Å². The first-order chi connectivity index (χ1) is 8.17. The molecular formula is C15H24N2. The number of likely N-dealkylation sites (N-methyl/N-ethyl adjacent to an activating group) is 1. The van der Waals surface area contributed by atoms with Gasteiger partial charge in [0, 0.05) is 11.6 Å². The standard InChI is InChI=1S/C15H24N2/c1-17(2)15(11-7-4-8-12-15)14(16)13-9-5-3-6-10-13/h3,5-6,9-10,14H,4,7-8,11-12,16H2,1-2H3/t14-/m0/s1. The monoisotopic (exact) mass is 232 g/mol. The molecule has 0 saturated heterocycles. The van der Waals surface area contributed by atoms with E-state index in [0.29, 0.717) is 0 Å². The molecule has 17 heavy (non-hydrogen) atoms. The molecule has 2 rings (SSSR count). The lowest BCUT2D eigenvalue weighted by molar-refractivity contribution is 0.0713. The van der Waals surface area contributed by atoms with Gasteiger partial charge < -0.3 is 10.6 Å². The van der Waals surface area contributed by atoms with Crippen LogP contribution in [0.1, 0.15) is 43.7 Å². The van der Waals surface area contributed by atoms with Crippen LogP contribution in [-0.4, -0.2) is 24.5 Å². The van der Waals surface area contributed by atoms with Crippen LogP contribution in [0.2, 0.25) is 0 Å². The molecule has 1 aromatic carbocycles. The molecule has 0 aromatic heterocycles. The van der Waals surface area contributed by atoms with Gasteiger partial charge in [0.05, 0.1) is 0 Å². The predicted molar refractivity (Wildman–Crippen MR) is 72.9 cm³/mol. The molecular weight excluding hydrogens is 208 g/mol. The number of benzene rings is 1. The van der Waals surface area contributed by atoms with Crippen LogP contribution in [-0.2, 0) is 0 Å². The van der Waals surface area contributed by atoms with Crippen molar-refractivity contribution in [2.24, 2.45) is 5.73 Å². The average Bonchev–Trinajstić information content (AvgIpc) is 2.39. The molecule has 0 aliphatic heterocycles. The fourth-order valence-electron chi connectivity index (χ4n) is 3.17. The minimum Gasteiger partial charge on any atom is -0.322 e. The van der Waals surface area contributed by atoms with Crippen molar-refractivity contribution in [1.82, 2.24) is 4.90 Å². The first-order valence-corrected chi connectivity index (χ1v) is 6.65. The minimum atomic E-state index is 0.124. The summed E-state index contributed by atoms with van der Waals surface area (Å²) >= 11 is 0. The van der Waals surface area contributed by atoms with E-state index in [4.69, 9.17) is 5.73 Å². The smallest absolute Gasteiger partial charge is 0.0481 e. The summed E-state index contributed by atoms with van der Waals surface area (Å²) in [6.07, 6.45) is 6.40. The van der Waals surface area contributed by atoms with E-state index in [1.54, 1.807) is 0 Å². The lowest BCUT2D eigenvalue weighted by Crippen LogP contribution is -2.53.